The Bertz CT molecular complexity index is 176. The molecule has 1 saturated carbocycles. The van der Waals surface area contributed by atoms with E-state index in [0.717, 1.165) is 18.8 Å². The van der Waals surface area contributed by atoms with E-state index in [1.165, 1.54) is 19.3 Å². The summed E-state index contributed by atoms with van der Waals surface area (Å²) in [5.74, 6) is 1.99. The molecule has 1 aliphatic rings. The van der Waals surface area contributed by atoms with Crippen LogP contribution in [0.2, 0.25) is 0 Å². The van der Waals surface area contributed by atoms with Gasteiger partial charge in [-0.3, -0.25) is 0 Å². The maximum Gasteiger partial charge on any atom is 0.0675 e. The summed E-state index contributed by atoms with van der Waals surface area (Å²) in [4.78, 5) is 0. The molecule has 3 atom stereocenters. The normalized spacial score (nSPS) is 35.1. The number of rotatable bonds is 4. The van der Waals surface area contributed by atoms with Gasteiger partial charge in [-0.15, -0.1) is 0 Å². The van der Waals surface area contributed by atoms with Crippen LogP contribution in [0.5, 0.6) is 0 Å². The molecule has 0 heterocycles. The van der Waals surface area contributed by atoms with Crippen molar-refractivity contribution in [3.63, 3.8) is 0 Å². The highest BCUT2D eigenvalue weighted by molar-refractivity contribution is 4.93. The van der Waals surface area contributed by atoms with Gasteiger partial charge < -0.3 is 5.11 Å². The van der Waals surface area contributed by atoms with Crippen molar-refractivity contribution in [3.8, 4) is 0 Å². The first-order valence-electron chi connectivity index (χ1n) is 6.22. The van der Waals surface area contributed by atoms with E-state index in [-0.39, 0.29) is 5.60 Å². The van der Waals surface area contributed by atoms with Crippen molar-refractivity contribution >= 4 is 0 Å². The second kappa shape index (κ2) is 4.65. The summed E-state index contributed by atoms with van der Waals surface area (Å²) in [6, 6.07) is 0. The van der Waals surface area contributed by atoms with Gasteiger partial charge in [0.05, 0.1) is 5.60 Å². The van der Waals surface area contributed by atoms with Crippen LogP contribution >= 0.6 is 0 Å². The molecule has 0 spiro atoms. The third kappa shape index (κ3) is 2.50. The monoisotopic (exact) mass is 198 g/mol. The minimum atomic E-state index is -0.339. The summed E-state index contributed by atoms with van der Waals surface area (Å²) < 4.78 is 0. The third-order valence-corrected chi connectivity index (χ3v) is 3.96. The Morgan fingerprint density at radius 3 is 2.50 bits per heavy atom. The van der Waals surface area contributed by atoms with Crippen LogP contribution in [0, 0.1) is 17.8 Å². The molecule has 0 aromatic heterocycles. The summed E-state index contributed by atoms with van der Waals surface area (Å²) in [7, 11) is 0. The molecule has 0 amide bonds. The molecule has 14 heavy (non-hydrogen) atoms. The van der Waals surface area contributed by atoms with E-state index >= 15 is 0 Å². The highest BCUT2D eigenvalue weighted by Gasteiger charge is 2.42. The van der Waals surface area contributed by atoms with Crippen LogP contribution in [0.1, 0.15) is 59.8 Å². The fraction of sp³-hybridized carbons (Fsp3) is 1.00. The van der Waals surface area contributed by atoms with Crippen molar-refractivity contribution in [1.82, 2.24) is 0 Å². The van der Waals surface area contributed by atoms with Gasteiger partial charge in [-0.2, -0.15) is 0 Å². The summed E-state index contributed by atoms with van der Waals surface area (Å²) in [5, 5.41) is 10.4. The van der Waals surface area contributed by atoms with Gasteiger partial charge in [-0.1, -0.05) is 34.1 Å². The van der Waals surface area contributed by atoms with Crippen molar-refractivity contribution in [2.45, 2.75) is 65.4 Å². The zero-order valence-corrected chi connectivity index (χ0v) is 10.2. The smallest absolute Gasteiger partial charge is 0.0675 e. The van der Waals surface area contributed by atoms with Crippen molar-refractivity contribution in [1.29, 1.82) is 0 Å². The fourth-order valence-corrected chi connectivity index (χ4v) is 3.24. The average Bonchev–Trinajstić information content (AvgIpc) is 2.47. The molecular weight excluding hydrogens is 172 g/mol. The molecule has 0 aromatic carbocycles. The number of hydrogen-bond donors (Lipinski definition) is 1. The van der Waals surface area contributed by atoms with Gasteiger partial charge in [-0.05, 0) is 43.4 Å². The van der Waals surface area contributed by atoms with E-state index in [1.54, 1.807) is 0 Å². The van der Waals surface area contributed by atoms with E-state index in [4.69, 9.17) is 0 Å². The number of aliphatic hydroxyl groups is 1. The Morgan fingerprint density at radius 1 is 1.36 bits per heavy atom. The highest BCUT2D eigenvalue weighted by atomic mass is 16.3. The van der Waals surface area contributed by atoms with Gasteiger partial charge in [0.2, 0.25) is 0 Å². The lowest BCUT2D eigenvalue weighted by Gasteiger charge is -2.34. The minimum absolute atomic E-state index is 0.339. The standard InChI is InChI=1S/C13H26O/c1-5-13(14)8-6-7-12(13)11(4)9-10(2)3/h10-12,14H,5-9H2,1-4H3. The van der Waals surface area contributed by atoms with Crippen LogP contribution in [0.3, 0.4) is 0 Å². The van der Waals surface area contributed by atoms with Crippen molar-refractivity contribution in [2.75, 3.05) is 0 Å². The second-order valence-electron chi connectivity index (χ2n) is 5.56. The zero-order chi connectivity index (χ0) is 10.8. The van der Waals surface area contributed by atoms with Gasteiger partial charge in [-0.25, -0.2) is 0 Å². The Kier molecular flexibility index (Phi) is 4.00. The van der Waals surface area contributed by atoms with Crippen molar-refractivity contribution in [3.05, 3.63) is 0 Å². The lowest BCUT2D eigenvalue weighted by Crippen LogP contribution is -2.36. The second-order valence-corrected chi connectivity index (χ2v) is 5.56. The van der Waals surface area contributed by atoms with E-state index in [0.29, 0.717) is 11.8 Å². The molecule has 84 valence electrons. The Morgan fingerprint density at radius 2 is 2.00 bits per heavy atom. The Hall–Kier alpha value is -0.0400. The van der Waals surface area contributed by atoms with Crippen LogP contribution in [0.15, 0.2) is 0 Å². The quantitative estimate of drug-likeness (QED) is 0.731. The maximum absolute atomic E-state index is 10.4. The Labute approximate surface area is 88.9 Å². The molecule has 1 nitrogen and oxygen atoms in total. The average molecular weight is 198 g/mol. The van der Waals surface area contributed by atoms with Crippen LogP contribution in [-0.4, -0.2) is 10.7 Å². The van der Waals surface area contributed by atoms with E-state index < -0.39 is 0 Å². The summed E-state index contributed by atoms with van der Waals surface area (Å²) >= 11 is 0. The molecular formula is C13H26O. The van der Waals surface area contributed by atoms with Gasteiger partial charge in [0.25, 0.3) is 0 Å². The van der Waals surface area contributed by atoms with E-state index in [2.05, 4.69) is 27.7 Å². The molecule has 0 aromatic rings. The largest absolute Gasteiger partial charge is 0.390 e. The molecule has 1 N–H and O–H groups in total. The van der Waals surface area contributed by atoms with Crippen molar-refractivity contribution in [2.24, 2.45) is 17.8 Å². The van der Waals surface area contributed by atoms with Gasteiger partial charge in [0, 0.05) is 0 Å². The molecule has 3 unspecified atom stereocenters. The molecule has 0 bridgehead atoms. The number of hydrogen-bond acceptors (Lipinski definition) is 1. The SMILES string of the molecule is CCC1(O)CCCC1C(C)CC(C)C. The molecule has 0 saturated heterocycles. The topological polar surface area (TPSA) is 20.2 Å². The molecule has 1 heteroatoms. The maximum atomic E-state index is 10.4. The lowest BCUT2D eigenvalue weighted by atomic mass is 9.77. The Balaban J connectivity index is 2.57. The summed E-state index contributed by atoms with van der Waals surface area (Å²) in [5.41, 5.74) is -0.339. The van der Waals surface area contributed by atoms with Crippen LogP contribution < -0.4 is 0 Å². The third-order valence-electron chi connectivity index (χ3n) is 3.96. The van der Waals surface area contributed by atoms with Crippen molar-refractivity contribution < 1.29 is 5.11 Å². The van der Waals surface area contributed by atoms with Gasteiger partial charge >= 0.3 is 0 Å². The lowest BCUT2D eigenvalue weighted by molar-refractivity contribution is -0.0242. The molecule has 0 radical (unpaired) electrons. The van der Waals surface area contributed by atoms with Crippen LogP contribution in [0.25, 0.3) is 0 Å². The molecule has 0 aliphatic heterocycles. The van der Waals surface area contributed by atoms with Gasteiger partial charge in [0.1, 0.15) is 0 Å². The first-order valence-corrected chi connectivity index (χ1v) is 6.22. The predicted molar refractivity (Wildman–Crippen MR) is 61.2 cm³/mol. The van der Waals surface area contributed by atoms with E-state index in [1.807, 2.05) is 0 Å². The van der Waals surface area contributed by atoms with E-state index in [9.17, 15) is 5.11 Å². The first kappa shape index (κ1) is 12.0. The minimum Gasteiger partial charge on any atom is -0.390 e. The summed E-state index contributed by atoms with van der Waals surface area (Å²) in [6.45, 7) is 8.99. The zero-order valence-electron chi connectivity index (χ0n) is 10.2. The highest BCUT2D eigenvalue weighted by Crippen LogP contribution is 2.43. The van der Waals surface area contributed by atoms with Gasteiger partial charge in [0.15, 0.2) is 0 Å². The van der Waals surface area contributed by atoms with Crippen LogP contribution in [-0.2, 0) is 0 Å². The fourth-order valence-electron chi connectivity index (χ4n) is 3.24. The molecule has 1 fully saturated rings. The van der Waals surface area contributed by atoms with Crippen LogP contribution in [0.4, 0.5) is 0 Å². The molecule has 1 rings (SSSR count). The summed E-state index contributed by atoms with van der Waals surface area (Å²) in [6.07, 6.45) is 5.67. The first-order chi connectivity index (χ1) is 6.49. The predicted octanol–water partition coefficient (Wildman–Crippen LogP) is 3.61. The molecule has 1 aliphatic carbocycles.